The Hall–Kier alpha value is -0.650. The molecule has 0 spiro atoms. The average molecular weight is 176 g/mol. The summed E-state index contributed by atoms with van der Waals surface area (Å²) >= 11 is 0. The minimum atomic E-state index is -1.14. The van der Waals surface area contributed by atoms with E-state index in [2.05, 4.69) is 5.32 Å². The van der Waals surface area contributed by atoms with E-state index in [1.165, 1.54) is 0 Å². The number of nitrogens with one attached hydrogen (secondary N) is 1. The molecular formula is C7H16N2O3. The Morgan fingerprint density at radius 2 is 2.17 bits per heavy atom. The first-order chi connectivity index (χ1) is 5.54. The summed E-state index contributed by atoms with van der Waals surface area (Å²) in [5.74, 6) is -0.737. The molecule has 2 atom stereocenters. The van der Waals surface area contributed by atoms with Gasteiger partial charge in [0, 0.05) is 6.54 Å². The first kappa shape index (κ1) is 11.4. The predicted octanol–water partition coefficient (Wildman–Crippen LogP) is -1.81. The van der Waals surface area contributed by atoms with Gasteiger partial charge in [0.2, 0.25) is 5.91 Å². The molecule has 0 aliphatic heterocycles. The summed E-state index contributed by atoms with van der Waals surface area (Å²) in [4.78, 5) is 10.3. The molecule has 12 heavy (non-hydrogen) atoms. The molecule has 0 aliphatic rings. The van der Waals surface area contributed by atoms with Crippen molar-refractivity contribution in [3.8, 4) is 0 Å². The monoisotopic (exact) mass is 176 g/mol. The maximum atomic E-state index is 10.3. The number of carbonyl (C=O) groups excluding carboxylic acids is 1. The normalized spacial score (nSPS) is 15.6. The van der Waals surface area contributed by atoms with Crippen molar-refractivity contribution in [2.75, 3.05) is 13.1 Å². The minimum Gasteiger partial charge on any atom is -0.393 e. The molecule has 1 amide bonds. The average Bonchev–Trinajstić information content (AvgIpc) is 1.97. The van der Waals surface area contributed by atoms with Gasteiger partial charge in [-0.15, -0.1) is 0 Å². The Labute approximate surface area is 71.6 Å². The Morgan fingerprint density at radius 1 is 1.58 bits per heavy atom. The second-order valence-corrected chi connectivity index (χ2v) is 2.76. The van der Waals surface area contributed by atoms with Crippen molar-refractivity contribution in [2.45, 2.75) is 25.6 Å². The van der Waals surface area contributed by atoms with Crippen molar-refractivity contribution < 1.29 is 15.0 Å². The summed E-state index contributed by atoms with van der Waals surface area (Å²) in [6, 6.07) is 0. The Kier molecular flexibility index (Phi) is 5.61. The Bertz CT molecular complexity index is 139. The molecule has 0 rings (SSSR count). The van der Waals surface area contributed by atoms with E-state index >= 15 is 0 Å². The molecule has 0 aromatic carbocycles. The summed E-state index contributed by atoms with van der Waals surface area (Å²) in [6.07, 6.45) is -0.923. The van der Waals surface area contributed by atoms with E-state index in [-0.39, 0.29) is 12.6 Å². The third-order valence-electron chi connectivity index (χ3n) is 1.41. The SMILES string of the molecule is CC(O)CCNCC(O)C(N)=O. The van der Waals surface area contributed by atoms with Crippen LogP contribution in [0.5, 0.6) is 0 Å². The van der Waals surface area contributed by atoms with Gasteiger partial charge in [-0.05, 0) is 19.9 Å². The Balaban J connectivity index is 3.25. The van der Waals surface area contributed by atoms with Crippen molar-refractivity contribution in [3.63, 3.8) is 0 Å². The number of carbonyl (C=O) groups is 1. The first-order valence-corrected chi connectivity index (χ1v) is 3.90. The van der Waals surface area contributed by atoms with Crippen molar-refractivity contribution in [1.82, 2.24) is 5.32 Å². The quantitative estimate of drug-likeness (QED) is 0.359. The standard InChI is InChI=1S/C7H16N2O3/c1-5(10)2-3-9-4-6(11)7(8)12/h5-6,9-11H,2-4H2,1H3,(H2,8,12). The first-order valence-electron chi connectivity index (χ1n) is 3.90. The lowest BCUT2D eigenvalue weighted by Crippen LogP contribution is -2.38. The Morgan fingerprint density at radius 3 is 2.58 bits per heavy atom. The highest BCUT2D eigenvalue weighted by Crippen LogP contribution is 1.86. The van der Waals surface area contributed by atoms with Crippen molar-refractivity contribution >= 4 is 5.91 Å². The summed E-state index contributed by atoms with van der Waals surface area (Å²) in [7, 11) is 0. The van der Waals surface area contributed by atoms with Crippen LogP contribution in [0.2, 0.25) is 0 Å². The molecule has 0 bridgehead atoms. The number of amides is 1. The van der Waals surface area contributed by atoms with Gasteiger partial charge in [-0.1, -0.05) is 0 Å². The molecule has 0 heterocycles. The zero-order valence-electron chi connectivity index (χ0n) is 7.16. The second-order valence-electron chi connectivity index (χ2n) is 2.76. The minimum absolute atomic E-state index is 0.141. The van der Waals surface area contributed by atoms with Crippen LogP contribution in [-0.2, 0) is 4.79 Å². The smallest absolute Gasteiger partial charge is 0.247 e. The van der Waals surface area contributed by atoms with E-state index in [1.54, 1.807) is 6.92 Å². The molecule has 0 radical (unpaired) electrons. The van der Waals surface area contributed by atoms with E-state index in [4.69, 9.17) is 15.9 Å². The number of aliphatic hydroxyl groups excluding tert-OH is 2. The summed E-state index contributed by atoms with van der Waals surface area (Å²) in [5.41, 5.74) is 4.80. The van der Waals surface area contributed by atoms with Gasteiger partial charge in [0.05, 0.1) is 6.10 Å². The molecule has 72 valence electrons. The third-order valence-corrected chi connectivity index (χ3v) is 1.41. The van der Waals surface area contributed by atoms with E-state index in [9.17, 15) is 4.79 Å². The summed E-state index contributed by atoms with van der Waals surface area (Å²) in [5, 5.41) is 20.5. The van der Waals surface area contributed by atoms with Crippen LogP contribution >= 0.6 is 0 Å². The highest BCUT2D eigenvalue weighted by atomic mass is 16.3. The molecule has 0 aromatic heterocycles. The van der Waals surface area contributed by atoms with Gasteiger partial charge in [-0.2, -0.15) is 0 Å². The van der Waals surface area contributed by atoms with E-state index in [1.807, 2.05) is 0 Å². The van der Waals surface area contributed by atoms with E-state index in [0.717, 1.165) is 0 Å². The predicted molar refractivity (Wildman–Crippen MR) is 44.4 cm³/mol. The van der Waals surface area contributed by atoms with Gasteiger partial charge in [-0.25, -0.2) is 0 Å². The summed E-state index contributed by atoms with van der Waals surface area (Å²) < 4.78 is 0. The van der Waals surface area contributed by atoms with Gasteiger partial charge in [0.15, 0.2) is 0 Å². The molecule has 0 saturated heterocycles. The van der Waals surface area contributed by atoms with Crippen LogP contribution in [0.15, 0.2) is 0 Å². The zero-order valence-corrected chi connectivity index (χ0v) is 7.16. The van der Waals surface area contributed by atoms with Gasteiger partial charge in [0.1, 0.15) is 6.10 Å². The van der Waals surface area contributed by atoms with Crippen LogP contribution in [0, 0.1) is 0 Å². The fourth-order valence-electron chi connectivity index (χ4n) is 0.650. The van der Waals surface area contributed by atoms with Crippen LogP contribution in [0.1, 0.15) is 13.3 Å². The van der Waals surface area contributed by atoms with E-state index in [0.29, 0.717) is 13.0 Å². The fourth-order valence-corrected chi connectivity index (χ4v) is 0.650. The number of nitrogens with two attached hydrogens (primary N) is 1. The van der Waals surface area contributed by atoms with Gasteiger partial charge >= 0.3 is 0 Å². The number of hydrogen-bond donors (Lipinski definition) is 4. The van der Waals surface area contributed by atoms with Crippen molar-refractivity contribution in [1.29, 1.82) is 0 Å². The molecular weight excluding hydrogens is 160 g/mol. The number of rotatable bonds is 6. The maximum absolute atomic E-state index is 10.3. The molecule has 5 heteroatoms. The molecule has 0 fully saturated rings. The van der Waals surface area contributed by atoms with Gasteiger partial charge < -0.3 is 21.3 Å². The van der Waals surface area contributed by atoms with Crippen LogP contribution in [0.25, 0.3) is 0 Å². The topological polar surface area (TPSA) is 95.6 Å². The number of primary amides is 1. The van der Waals surface area contributed by atoms with Crippen molar-refractivity contribution in [2.24, 2.45) is 5.73 Å². The van der Waals surface area contributed by atoms with Crippen LogP contribution in [0.3, 0.4) is 0 Å². The largest absolute Gasteiger partial charge is 0.393 e. The highest BCUT2D eigenvalue weighted by molar-refractivity contribution is 5.78. The lowest BCUT2D eigenvalue weighted by atomic mass is 10.3. The van der Waals surface area contributed by atoms with Crippen LogP contribution in [-0.4, -0.2) is 41.4 Å². The maximum Gasteiger partial charge on any atom is 0.247 e. The summed E-state index contributed by atoms with van der Waals surface area (Å²) in [6.45, 7) is 2.37. The van der Waals surface area contributed by atoms with Crippen molar-refractivity contribution in [3.05, 3.63) is 0 Å². The van der Waals surface area contributed by atoms with Gasteiger partial charge in [-0.3, -0.25) is 4.79 Å². The molecule has 0 saturated carbocycles. The highest BCUT2D eigenvalue weighted by Gasteiger charge is 2.08. The van der Waals surface area contributed by atoms with Gasteiger partial charge in [0.25, 0.3) is 0 Å². The molecule has 0 aromatic rings. The van der Waals surface area contributed by atoms with E-state index < -0.39 is 12.0 Å². The number of hydrogen-bond acceptors (Lipinski definition) is 4. The molecule has 5 nitrogen and oxygen atoms in total. The number of aliphatic hydroxyl groups is 2. The molecule has 2 unspecified atom stereocenters. The molecule has 0 aliphatic carbocycles. The lowest BCUT2D eigenvalue weighted by Gasteiger charge is -2.08. The zero-order chi connectivity index (χ0) is 9.56. The second kappa shape index (κ2) is 5.93. The fraction of sp³-hybridized carbons (Fsp3) is 0.857. The van der Waals surface area contributed by atoms with Crippen LogP contribution < -0.4 is 11.1 Å². The third kappa shape index (κ3) is 6.09. The molecule has 5 N–H and O–H groups in total. The lowest BCUT2D eigenvalue weighted by molar-refractivity contribution is -0.125. The van der Waals surface area contributed by atoms with Crippen LogP contribution in [0.4, 0.5) is 0 Å².